The summed E-state index contributed by atoms with van der Waals surface area (Å²) < 4.78 is 71.8. The van der Waals surface area contributed by atoms with E-state index in [4.69, 9.17) is 22.7 Å². The minimum absolute atomic E-state index is 0. The van der Waals surface area contributed by atoms with Crippen LogP contribution in [0.15, 0.2) is 270 Å². The van der Waals surface area contributed by atoms with Crippen molar-refractivity contribution in [2.45, 2.75) is 26.2 Å². The number of benzene rings is 12. The van der Waals surface area contributed by atoms with Gasteiger partial charge < -0.3 is 22.7 Å². The first-order valence-corrected chi connectivity index (χ1v) is 29.8. The number of furan rings is 2. The van der Waals surface area contributed by atoms with Gasteiger partial charge in [0.25, 0.3) is 6.33 Å². The van der Waals surface area contributed by atoms with Crippen molar-refractivity contribution in [3.63, 3.8) is 0 Å². The van der Waals surface area contributed by atoms with E-state index in [2.05, 4.69) is 180 Å². The molecule has 430 valence electrons. The van der Waals surface area contributed by atoms with Crippen LogP contribution in [0.1, 0.15) is 33.2 Å². The summed E-state index contributed by atoms with van der Waals surface area (Å²) in [6.45, 7) is 6.62. The number of rotatable bonds is 7. The Morgan fingerprint density at radius 2 is 1.10 bits per heavy atom. The van der Waals surface area contributed by atoms with Crippen molar-refractivity contribution in [1.29, 1.82) is 0 Å². The molecular weight excluding hydrogens is 1280 g/mol. The van der Waals surface area contributed by atoms with Gasteiger partial charge in [0.15, 0.2) is 0 Å². The molecule has 18 rings (SSSR count). The molecule has 8 heteroatoms. The zero-order chi connectivity index (χ0) is 63.4. The third-order valence-corrected chi connectivity index (χ3v) is 17.6. The maximum atomic E-state index is 9.49. The fourth-order valence-electron chi connectivity index (χ4n) is 13.5. The molecule has 1 aliphatic heterocycles. The van der Waals surface area contributed by atoms with Crippen LogP contribution in [-0.2, 0) is 26.5 Å². The predicted octanol–water partition coefficient (Wildman–Crippen LogP) is 21.0. The van der Waals surface area contributed by atoms with Crippen LogP contribution in [0, 0.1) is 18.5 Å². The Labute approximate surface area is 540 Å². The summed E-state index contributed by atoms with van der Waals surface area (Å²) >= 11 is 0. The quantitative estimate of drug-likeness (QED) is 0.118. The fourth-order valence-corrected chi connectivity index (χ4v) is 13.5. The van der Waals surface area contributed by atoms with Crippen LogP contribution >= 0.6 is 0 Å². The molecule has 5 aromatic heterocycles. The van der Waals surface area contributed by atoms with Crippen LogP contribution in [0.4, 0.5) is 0 Å². The van der Waals surface area contributed by atoms with Crippen molar-refractivity contribution in [3.05, 3.63) is 285 Å². The molecule has 0 amide bonds. The van der Waals surface area contributed by atoms with Gasteiger partial charge in [0.05, 0.1) is 23.6 Å². The SMILES string of the molecule is [2H]c1c([2H])c([2H])c(-c2cccc3c2-c2ccccc2-c2cc(-c4ccc5oc6ccccc6c5c4)cc4c2[n+]([c-]n4-c2[c-]c(Oc4[c-]c5c(cc4)c4ccccc4n5-c4cc(C(C)(C)C)ccn4)ccc2)-c2c(-c4ccc5oc6ccccc6c5c4)cccc2-3)c([2H])c1[2H].[Pt]. The topological polar surface area (TPSA) is 62.1 Å². The van der Waals surface area contributed by atoms with E-state index in [0.717, 1.165) is 138 Å². The van der Waals surface area contributed by atoms with Crippen LogP contribution in [-0.4, -0.2) is 14.1 Å². The molecule has 17 aromatic rings. The number of nitrogens with zero attached hydrogens (tertiary/aromatic N) is 4. The molecule has 90 heavy (non-hydrogen) atoms. The number of imidazole rings is 1. The van der Waals surface area contributed by atoms with E-state index in [1.807, 2.05) is 103 Å². The Balaban J connectivity index is 0.00000684. The molecule has 0 spiro atoms. The second-order valence-electron chi connectivity index (χ2n) is 23.8. The predicted molar refractivity (Wildman–Crippen MR) is 359 cm³/mol. The molecule has 0 fully saturated rings. The normalized spacial score (nSPS) is 12.9. The Kier molecular flexibility index (Phi) is 11.0. The van der Waals surface area contributed by atoms with Crippen LogP contribution in [0.5, 0.6) is 11.5 Å². The van der Waals surface area contributed by atoms with Crippen molar-refractivity contribution < 1.29 is 46.1 Å². The summed E-state index contributed by atoms with van der Waals surface area (Å²) in [5, 5.41) is 6.04. The number of hydrogen-bond acceptors (Lipinski definition) is 4. The molecule has 0 aliphatic carbocycles. The average Bonchev–Trinajstić information content (AvgIpc) is 1.60. The zero-order valence-corrected chi connectivity index (χ0v) is 51.0. The molecular formula is C82H52N4O3Pt-2. The van der Waals surface area contributed by atoms with Gasteiger partial charge in [-0.25, -0.2) is 4.98 Å². The number of fused-ring (bicyclic) bond motifs is 16. The van der Waals surface area contributed by atoms with Crippen LogP contribution in [0.25, 0.3) is 161 Å². The van der Waals surface area contributed by atoms with E-state index in [1.54, 1.807) is 0 Å². The summed E-state index contributed by atoms with van der Waals surface area (Å²) in [5.74, 6) is 1.75. The third-order valence-electron chi connectivity index (χ3n) is 17.6. The molecule has 0 saturated carbocycles. The van der Waals surface area contributed by atoms with Gasteiger partial charge in [-0.2, -0.15) is 18.2 Å². The van der Waals surface area contributed by atoms with E-state index in [-0.39, 0.29) is 44.1 Å². The molecule has 0 radical (unpaired) electrons. The number of hydrogen-bond donors (Lipinski definition) is 0. The summed E-state index contributed by atoms with van der Waals surface area (Å²) in [7, 11) is 0. The van der Waals surface area contributed by atoms with Gasteiger partial charge in [-0.3, -0.25) is 4.57 Å². The Bertz CT molecular complexity index is 6080. The van der Waals surface area contributed by atoms with Gasteiger partial charge >= 0.3 is 0 Å². The van der Waals surface area contributed by atoms with Crippen molar-refractivity contribution in [3.8, 4) is 95.5 Å². The number of aromatic nitrogens is 4. The fraction of sp³-hybridized carbons (Fsp3) is 0.0488. The van der Waals surface area contributed by atoms with Gasteiger partial charge in [-0.1, -0.05) is 190 Å². The minimum Gasteiger partial charge on any atom is -0.510 e. The zero-order valence-electron chi connectivity index (χ0n) is 53.8. The molecule has 1 aliphatic rings. The molecule has 12 aromatic carbocycles. The Hall–Kier alpha value is -10.9. The number of ether oxygens (including phenoxy) is 1. The Morgan fingerprint density at radius 3 is 1.88 bits per heavy atom. The molecule has 6 heterocycles. The van der Waals surface area contributed by atoms with Crippen LogP contribution in [0.2, 0.25) is 0 Å². The standard InChI is InChI=1S/C82H52N4O3.Pt/c1-82(2,3)54-40-41-83-78(46-54)86-71-31-12-9-23-61(71)62-37-36-57(48-72(62)86)87-56-21-15-20-55(47-56)84-49-85-80-59(52-35-39-77-69(43-52)64-25-11-14-33-75(64)89-77)28-17-30-67(80)66-29-16-27-58(50-18-5-4-6-19-50)79(66)65-26-8-7-22-60(65)70-44-53(45-73(84)81(70)85)51-34-38-76-68(42-51)63-24-10-13-32-74(63)88-76;/h4-46H,1-3H3;/q-2;/i4D,5D,6D,18D,19D;. The number of pyridine rings is 1. The van der Waals surface area contributed by atoms with E-state index in [1.165, 1.54) is 5.56 Å². The monoisotopic (exact) mass is 1340 g/mol. The van der Waals surface area contributed by atoms with Crippen LogP contribution < -0.4 is 9.30 Å². The summed E-state index contributed by atoms with van der Waals surface area (Å²) in [5.41, 5.74) is 18.1. The van der Waals surface area contributed by atoms with Gasteiger partial charge in [0.1, 0.15) is 28.1 Å². The smallest absolute Gasteiger partial charge is 0.268 e. The molecule has 0 atom stereocenters. The second-order valence-corrected chi connectivity index (χ2v) is 23.8. The minimum atomic E-state index is -0.457. The maximum absolute atomic E-state index is 9.49. The van der Waals surface area contributed by atoms with E-state index >= 15 is 0 Å². The maximum Gasteiger partial charge on any atom is 0.268 e. The largest absolute Gasteiger partial charge is 0.510 e. The van der Waals surface area contributed by atoms with Crippen molar-refractivity contribution >= 4 is 76.7 Å². The van der Waals surface area contributed by atoms with Crippen molar-refractivity contribution in [2.75, 3.05) is 0 Å². The van der Waals surface area contributed by atoms with Crippen molar-refractivity contribution in [1.82, 2.24) is 14.1 Å². The second kappa shape index (κ2) is 20.6. The first-order valence-electron chi connectivity index (χ1n) is 32.3. The molecule has 0 unspecified atom stereocenters. The Morgan fingerprint density at radius 1 is 0.467 bits per heavy atom. The first kappa shape index (κ1) is 48.2. The van der Waals surface area contributed by atoms with Crippen LogP contribution in [0.3, 0.4) is 0 Å². The molecule has 0 saturated heterocycles. The number of para-hydroxylation sites is 4. The first-order chi connectivity index (χ1) is 45.8. The van der Waals surface area contributed by atoms with Gasteiger partial charge in [0.2, 0.25) is 0 Å². The summed E-state index contributed by atoms with van der Waals surface area (Å²) in [6, 6.07) is 81.8. The summed E-state index contributed by atoms with van der Waals surface area (Å²) in [6.07, 6.45) is 5.86. The third kappa shape index (κ3) is 8.45. The van der Waals surface area contributed by atoms with E-state index in [9.17, 15) is 2.74 Å². The van der Waals surface area contributed by atoms with Gasteiger partial charge in [-0.15, -0.1) is 29.7 Å². The van der Waals surface area contributed by atoms with Gasteiger partial charge in [0, 0.05) is 65.8 Å². The van der Waals surface area contributed by atoms with E-state index in [0.29, 0.717) is 28.3 Å². The average molecular weight is 1340 g/mol. The molecule has 0 bridgehead atoms. The van der Waals surface area contributed by atoms with Crippen molar-refractivity contribution in [2.24, 2.45) is 0 Å². The van der Waals surface area contributed by atoms with Gasteiger partial charge in [-0.05, 0) is 149 Å². The molecule has 7 nitrogen and oxygen atoms in total. The van der Waals surface area contributed by atoms with E-state index < -0.39 is 18.1 Å². The summed E-state index contributed by atoms with van der Waals surface area (Å²) in [4.78, 5) is 4.92. The molecule has 0 N–H and O–H groups in total.